The number of hydrogen-bond acceptors (Lipinski definition) is 3. The molecule has 5 heteroatoms. The third-order valence-corrected chi connectivity index (χ3v) is 5.75. The van der Waals surface area contributed by atoms with Crippen LogP contribution in [0.3, 0.4) is 0 Å². The van der Waals surface area contributed by atoms with Crippen LogP contribution < -0.4 is 4.74 Å². The van der Waals surface area contributed by atoms with Crippen molar-refractivity contribution in [3.63, 3.8) is 0 Å². The Bertz CT molecular complexity index is 563. The number of hydrogen-bond donors (Lipinski definition) is 0. The van der Waals surface area contributed by atoms with Crippen molar-refractivity contribution in [1.29, 1.82) is 0 Å². The Morgan fingerprint density at radius 3 is 2.42 bits per heavy atom. The Hall–Kier alpha value is -1.20. The second-order valence-electron chi connectivity index (χ2n) is 7.69. The van der Waals surface area contributed by atoms with E-state index in [-0.39, 0.29) is 18.4 Å². The molecule has 2 atom stereocenters. The van der Waals surface area contributed by atoms with Crippen molar-refractivity contribution in [3.05, 3.63) is 29.8 Å². The number of alkyl halides is 2. The molecular weight excluding hydrogens is 310 g/mol. The van der Waals surface area contributed by atoms with Crippen LogP contribution in [0.1, 0.15) is 37.7 Å². The zero-order chi connectivity index (χ0) is 16.6. The number of ether oxygens (including phenoxy) is 1. The first-order valence-corrected chi connectivity index (χ1v) is 9.13. The summed E-state index contributed by atoms with van der Waals surface area (Å²) in [6, 6.07) is 8.24. The van der Waals surface area contributed by atoms with Gasteiger partial charge in [-0.3, -0.25) is 9.80 Å². The summed E-state index contributed by atoms with van der Waals surface area (Å²) in [6.45, 7) is 5.11. The van der Waals surface area contributed by atoms with E-state index in [1.807, 2.05) is 12.1 Å². The predicted octanol–water partition coefficient (Wildman–Crippen LogP) is 3.53. The van der Waals surface area contributed by atoms with Gasteiger partial charge in [0.15, 0.2) is 0 Å². The maximum atomic E-state index is 13.2. The summed E-state index contributed by atoms with van der Waals surface area (Å²) in [4.78, 5) is 4.60. The largest absolute Gasteiger partial charge is 0.486 e. The molecule has 0 N–H and O–H groups in total. The molecule has 2 bridgehead atoms. The van der Waals surface area contributed by atoms with Gasteiger partial charge in [0, 0.05) is 52.0 Å². The average Bonchev–Trinajstić information content (AvgIpc) is 2.85. The zero-order valence-corrected chi connectivity index (χ0v) is 14.1. The Kier molecular flexibility index (Phi) is 4.25. The molecule has 4 rings (SSSR count). The summed E-state index contributed by atoms with van der Waals surface area (Å²) in [5.74, 6) is -1.53. The van der Waals surface area contributed by atoms with Crippen molar-refractivity contribution in [2.75, 3.05) is 32.7 Å². The highest BCUT2D eigenvalue weighted by Crippen LogP contribution is 2.36. The molecule has 3 fully saturated rings. The zero-order valence-electron chi connectivity index (χ0n) is 14.1. The van der Waals surface area contributed by atoms with Gasteiger partial charge in [-0.1, -0.05) is 12.1 Å². The summed E-state index contributed by atoms with van der Waals surface area (Å²) >= 11 is 0. The lowest BCUT2D eigenvalue weighted by Gasteiger charge is -2.34. The maximum Gasteiger partial charge on any atom is 0.250 e. The molecular formula is C19H26F2N2O. The van der Waals surface area contributed by atoms with Crippen LogP contribution in [-0.2, 0) is 6.54 Å². The molecule has 3 aliphatic heterocycles. The van der Waals surface area contributed by atoms with Crippen LogP contribution in [0.15, 0.2) is 24.3 Å². The Balaban J connectivity index is 1.33. The minimum atomic E-state index is -2.47. The lowest BCUT2D eigenvalue weighted by Crippen LogP contribution is -2.43. The lowest BCUT2D eigenvalue weighted by molar-refractivity contribution is -0.0566. The topological polar surface area (TPSA) is 15.7 Å². The molecule has 0 aliphatic carbocycles. The van der Waals surface area contributed by atoms with E-state index >= 15 is 0 Å². The van der Waals surface area contributed by atoms with Crippen molar-refractivity contribution >= 4 is 0 Å². The molecule has 0 radical (unpaired) electrons. The molecule has 0 aromatic heterocycles. The summed E-state index contributed by atoms with van der Waals surface area (Å²) in [6.07, 6.45) is 3.45. The highest BCUT2D eigenvalue weighted by Gasteiger charge is 2.42. The number of halogens is 2. The molecule has 0 saturated carbocycles. The molecule has 24 heavy (non-hydrogen) atoms. The summed E-state index contributed by atoms with van der Waals surface area (Å²) in [5.41, 5.74) is 1.18. The second-order valence-corrected chi connectivity index (χ2v) is 7.69. The average molecular weight is 336 g/mol. The third kappa shape index (κ3) is 3.57. The number of fused-ring (bicyclic) bond motifs is 2. The predicted molar refractivity (Wildman–Crippen MR) is 89.6 cm³/mol. The molecule has 1 aromatic rings. The normalized spacial score (nSPS) is 32.7. The summed E-state index contributed by atoms with van der Waals surface area (Å²) in [5, 5.41) is 0. The van der Waals surface area contributed by atoms with Gasteiger partial charge in [-0.05, 0) is 37.1 Å². The number of rotatable bonds is 4. The van der Waals surface area contributed by atoms with E-state index in [0.717, 1.165) is 38.2 Å². The van der Waals surface area contributed by atoms with Crippen LogP contribution in [0, 0.1) is 0 Å². The smallest absolute Gasteiger partial charge is 0.250 e. The van der Waals surface area contributed by atoms with Crippen LogP contribution in [-0.4, -0.2) is 54.0 Å². The molecule has 3 nitrogen and oxygen atoms in total. The van der Waals surface area contributed by atoms with E-state index in [1.165, 1.54) is 18.5 Å². The van der Waals surface area contributed by atoms with Crippen LogP contribution in [0.5, 0.6) is 5.75 Å². The minimum Gasteiger partial charge on any atom is -0.486 e. The quantitative estimate of drug-likeness (QED) is 0.836. The first-order valence-electron chi connectivity index (χ1n) is 9.13. The van der Waals surface area contributed by atoms with Crippen molar-refractivity contribution < 1.29 is 13.5 Å². The standard InChI is InChI=1S/C19H26F2N2O/c20-19(21)8-12-22(13-9-19)14-16-2-4-17(5-3-16)24-18-6-1-10-23(15-18)11-7-18/h2-5H,1,6-15H2. The van der Waals surface area contributed by atoms with Gasteiger partial charge in [0.05, 0.1) is 0 Å². The van der Waals surface area contributed by atoms with Gasteiger partial charge in [-0.2, -0.15) is 0 Å². The SMILES string of the molecule is FC1(F)CCN(Cc2ccc(OC34CCCN(CC3)C4)cc2)CC1. The fraction of sp³-hybridized carbons (Fsp3) is 0.684. The van der Waals surface area contributed by atoms with E-state index in [4.69, 9.17) is 4.74 Å². The number of piperidine rings is 2. The van der Waals surface area contributed by atoms with Gasteiger partial charge in [-0.15, -0.1) is 0 Å². The maximum absolute atomic E-state index is 13.2. The summed E-state index contributed by atoms with van der Waals surface area (Å²) in [7, 11) is 0. The van der Waals surface area contributed by atoms with E-state index in [0.29, 0.717) is 13.1 Å². The molecule has 0 amide bonds. The third-order valence-electron chi connectivity index (χ3n) is 5.75. The first-order chi connectivity index (χ1) is 11.5. The molecule has 3 heterocycles. The Labute approximate surface area is 142 Å². The van der Waals surface area contributed by atoms with Crippen molar-refractivity contribution in [2.24, 2.45) is 0 Å². The van der Waals surface area contributed by atoms with Crippen molar-refractivity contribution in [1.82, 2.24) is 9.80 Å². The van der Waals surface area contributed by atoms with Gasteiger partial charge in [0.25, 0.3) is 5.92 Å². The fourth-order valence-corrected chi connectivity index (χ4v) is 4.29. The molecule has 132 valence electrons. The minimum absolute atomic E-state index is 0.0121. The van der Waals surface area contributed by atoms with E-state index in [9.17, 15) is 8.78 Å². The molecule has 3 aliphatic rings. The molecule has 3 saturated heterocycles. The van der Waals surface area contributed by atoms with Gasteiger partial charge in [0.1, 0.15) is 11.4 Å². The van der Waals surface area contributed by atoms with E-state index < -0.39 is 5.92 Å². The number of nitrogens with zero attached hydrogens (tertiary/aromatic N) is 2. The van der Waals surface area contributed by atoms with Crippen LogP contribution >= 0.6 is 0 Å². The second kappa shape index (κ2) is 6.26. The molecule has 2 unspecified atom stereocenters. The van der Waals surface area contributed by atoms with E-state index in [1.54, 1.807) is 0 Å². The highest BCUT2D eigenvalue weighted by atomic mass is 19.3. The van der Waals surface area contributed by atoms with Gasteiger partial charge >= 0.3 is 0 Å². The molecule has 1 aromatic carbocycles. The lowest BCUT2D eigenvalue weighted by atomic mass is 9.94. The van der Waals surface area contributed by atoms with Crippen LogP contribution in [0.4, 0.5) is 8.78 Å². The van der Waals surface area contributed by atoms with Crippen LogP contribution in [0.25, 0.3) is 0 Å². The highest BCUT2D eigenvalue weighted by molar-refractivity contribution is 5.28. The Morgan fingerprint density at radius 1 is 0.917 bits per heavy atom. The number of benzene rings is 1. The monoisotopic (exact) mass is 336 g/mol. The molecule has 0 spiro atoms. The van der Waals surface area contributed by atoms with Crippen LogP contribution in [0.2, 0.25) is 0 Å². The van der Waals surface area contributed by atoms with E-state index in [2.05, 4.69) is 21.9 Å². The summed E-state index contributed by atoms with van der Waals surface area (Å²) < 4.78 is 32.8. The van der Waals surface area contributed by atoms with Gasteiger partial charge in [0.2, 0.25) is 0 Å². The Morgan fingerprint density at radius 2 is 1.67 bits per heavy atom. The number of likely N-dealkylation sites (tertiary alicyclic amines) is 1. The van der Waals surface area contributed by atoms with Gasteiger partial charge in [-0.25, -0.2) is 8.78 Å². The fourth-order valence-electron chi connectivity index (χ4n) is 4.29. The van der Waals surface area contributed by atoms with Gasteiger partial charge < -0.3 is 4.74 Å². The first kappa shape index (κ1) is 16.3. The van der Waals surface area contributed by atoms with Crippen molar-refractivity contribution in [3.8, 4) is 5.75 Å². The van der Waals surface area contributed by atoms with Crippen molar-refractivity contribution in [2.45, 2.75) is 50.2 Å².